The zero-order valence-electron chi connectivity index (χ0n) is 22.6. The van der Waals surface area contributed by atoms with Crippen molar-refractivity contribution in [3.63, 3.8) is 0 Å². The third-order valence-corrected chi connectivity index (χ3v) is 10.7. The first kappa shape index (κ1) is 26.7. The van der Waals surface area contributed by atoms with E-state index < -0.39 is 34.2 Å². The van der Waals surface area contributed by atoms with Crippen molar-refractivity contribution in [2.75, 3.05) is 0 Å². The van der Waals surface area contributed by atoms with E-state index >= 15 is 0 Å². The quantitative estimate of drug-likeness (QED) is 0.527. The minimum atomic E-state index is -1.00. The Morgan fingerprint density at radius 1 is 1.17 bits per heavy atom. The van der Waals surface area contributed by atoms with Crippen LogP contribution in [-0.2, 0) is 19.2 Å². The molecule has 0 bridgehead atoms. The number of aliphatic hydroxyl groups excluding tert-OH is 1. The molecular formula is C30H40O6. The van der Waals surface area contributed by atoms with Gasteiger partial charge in [0, 0.05) is 41.1 Å². The molecule has 0 unspecified atom stereocenters. The van der Waals surface area contributed by atoms with Gasteiger partial charge in [0.2, 0.25) is 0 Å². The van der Waals surface area contributed by atoms with Gasteiger partial charge in [0.15, 0.2) is 11.6 Å². The second-order valence-electron chi connectivity index (χ2n) is 13.0. The zero-order chi connectivity index (χ0) is 27.0. The highest BCUT2D eigenvalue weighted by Crippen LogP contribution is 2.69. The van der Waals surface area contributed by atoms with Crippen molar-refractivity contribution in [2.45, 2.75) is 86.7 Å². The van der Waals surface area contributed by atoms with Gasteiger partial charge in [0.1, 0.15) is 5.78 Å². The Balaban J connectivity index is 1.76. The van der Waals surface area contributed by atoms with Crippen molar-refractivity contribution < 1.29 is 29.4 Å². The predicted octanol–water partition coefficient (Wildman–Crippen LogP) is 4.86. The fourth-order valence-electron chi connectivity index (χ4n) is 8.10. The lowest BCUT2D eigenvalue weighted by Crippen LogP contribution is -2.56. The lowest BCUT2D eigenvalue weighted by Gasteiger charge is -2.58. The summed E-state index contributed by atoms with van der Waals surface area (Å²) in [6.07, 6.45) is 6.75. The summed E-state index contributed by atoms with van der Waals surface area (Å²) in [6, 6.07) is 0. The maximum absolute atomic E-state index is 13.9. The Kier molecular flexibility index (Phi) is 6.19. The highest BCUT2D eigenvalue weighted by atomic mass is 16.4. The molecule has 196 valence electrons. The van der Waals surface area contributed by atoms with Crippen molar-refractivity contribution in [1.29, 1.82) is 0 Å². The number of carbonyl (C=O) groups is 4. The van der Waals surface area contributed by atoms with Crippen LogP contribution in [0.2, 0.25) is 0 Å². The summed E-state index contributed by atoms with van der Waals surface area (Å²) in [5.74, 6) is -2.04. The molecule has 0 aromatic heterocycles. The number of aliphatic carboxylic acids is 1. The fraction of sp³-hybridized carbons (Fsp3) is 0.667. The molecule has 36 heavy (non-hydrogen) atoms. The molecule has 0 saturated heterocycles. The molecule has 6 nitrogen and oxygen atoms in total. The van der Waals surface area contributed by atoms with Gasteiger partial charge in [-0.25, -0.2) is 0 Å². The van der Waals surface area contributed by atoms with Crippen LogP contribution >= 0.6 is 0 Å². The molecule has 0 radical (unpaired) electrons. The number of ketones is 3. The number of Topliss-reactive ketones (excluding diaryl/α,β-unsaturated/α-hetero) is 2. The summed E-state index contributed by atoms with van der Waals surface area (Å²) in [5, 5.41) is 20.7. The Morgan fingerprint density at radius 2 is 1.81 bits per heavy atom. The van der Waals surface area contributed by atoms with Gasteiger partial charge in [-0.05, 0) is 48.7 Å². The number of fused-ring (bicyclic) bond motifs is 4. The van der Waals surface area contributed by atoms with E-state index in [4.69, 9.17) is 5.11 Å². The maximum atomic E-state index is 13.9. The van der Waals surface area contributed by atoms with Gasteiger partial charge in [-0.1, -0.05) is 59.3 Å². The lowest BCUT2D eigenvalue weighted by atomic mass is 9.45. The Morgan fingerprint density at radius 3 is 2.42 bits per heavy atom. The smallest absolute Gasteiger partial charge is 0.306 e. The molecule has 0 aromatic rings. The minimum Gasteiger partial charge on any atom is -0.481 e. The molecule has 2 N–H and O–H groups in total. The van der Waals surface area contributed by atoms with Crippen LogP contribution in [-0.4, -0.2) is 39.6 Å². The molecule has 4 aliphatic rings. The first-order chi connectivity index (χ1) is 16.5. The molecule has 2 fully saturated rings. The number of aliphatic hydroxyl groups is 1. The highest BCUT2D eigenvalue weighted by molar-refractivity contribution is 6.02. The van der Waals surface area contributed by atoms with E-state index in [1.54, 1.807) is 0 Å². The standard InChI is InChI=1S/C30H40O6/c1-16(12-18(31)13-17(2)26(35)36)20-14-24(34)30(7)25-19(8-11-29(20,30)6)28(5)10-9-23(33)27(3,4)22(28)15-21(25)32/h8,11-12,17,20,22,24,34H,9-10,13-15H2,1-7H3,(H,35,36)/b16-12+/t17-,20+,22-,24+,28+,29+,30-/m0/s1. The molecule has 0 heterocycles. The SMILES string of the molecule is C/C(=C\C(=O)C[C@H](C)C(=O)O)[C@H]1C[C@@H](O)[C@@]2(C)C3=C(C=C[C@]12C)[C@@]1(C)CCC(=O)C(C)(C)[C@@H]1CC3=O. The fourth-order valence-corrected chi connectivity index (χ4v) is 8.10. The van der Waals surface area contributed by atoms with E-state index in [1.165, 1.54) is 13.0 Å². The maximum Gasteiger partial charge on any atom is 0.306 e. The first-order valence-electron chi connectivity index (χ1n) is 13.1. The van der Waals surface area contributed by atoms with Crippen molar-refractivity contribution in [2.24, 2.45) is 39.4 Å². The third-order valence-electron chi connectivity index (χ3n) is 10.7. The topological polar surface area (TPSA) is 109 Å². The Bertz CT molecular complexity index is 1140. The monoisotopic (exact) mass is 496 g/mol. The van der Waals surface area contributed by atoms with E-state index in [0.29, 0.717) is 31.3 Å². The Hall–Kier alpha value is -2.34. The molecular weight excluding hydrogens is 456 g/mol. The van der Waals surface area contributed by atoms with Crippen molar-refractivity contribution >= 4 is 23.3 Å². The third kappa shape index (κ3) is 3.47. The number of hydrogen-bond acceptors (Lipinski definition) is 5. The first-order valence-corrected chi connectivity index (χ1v) is 13.1. The van der Waals surface area contributed by atoms with Crippen molar-refractivity contribution in [3.05, 3.63) is 34.9 Å². The molecule has 2 saturated carbocycles. The van der Waals surface area contributed by atoms with Gasteiger partial charge < -0.3 is 10.2 Å². The van der Waals surface area contributed by atoms with Crippen molar-refractivity contribution in [3.8, 4) is 0 Å². The van der Waals surface area contributed by atoms with Crippen LogP contribution in [0.3, 0.4) is 0 Å². The lowest BCUT2D eigenvalue weighted by molar-refractivity contribution is -0.143. The predicted molar refractivity (Wildman–Crippen MR) is 136 cm³/mol. The number of hydrogen-bond donors (Lipinski definition) is 2. The number of rotatable bonds is 5. The van der Waals surface area contributed by atoms with Crippen LogP contribution in [0.25, 0.3) is 0 Å². The molecule has 0 aromatic carbocycles. The van der Waals surface area contributed by atoms with Crippen LogP contribution in [0.4, 0.5) is 0 Å². The van der Waals surface area contributed by atoms with Crippen LogP contribution < -0.4 is 0 Å². The summed E-state index contributed by atoms with van der Waals surface area (Å²) < 4.78 is 0. The van der Waals surface area contributed by atoms with E-state index in [9.17, 15) is 24.3 Å². The zero-order valence-corrected chi connectivity index (χ0v) is 22.6. The van der Waals surface area contributed by atoms with Crippen LogP contribution in [0.15, 0.2) is 34.9 Å². The summed E-state index contributed by atoms with van der Waals surface area (Å²) in [4.78, 5) is 50.4. The van der Waals surface area contributed by atoms with Crippen LogP contribution in [0.1, 0.15) is 80.6 Å². The average Bonchev–Trinajstić information content (AvgIpc) is 2.99. The van der Waals surface area contributed by atoms with E-state index in [0.717, 1.165) is 11.1 Å². The summed E-state index contributed by atoms with van der Waals surface area (Å²) >= 11 is 0. The minimum absolute atomic E-state index is 0.0148. The van der Waals surface area contributed by atoms with Crippen LogP contribution in [0.5, 0.6) is 0 Å². The van der Waals surface area contributed by atoms with Gasteiger partial charge >= 0.3 is 5.97 Å². The summed E-state index contributed by atoms with van der Waals surface area (Å²) in [6.45, 7) is 13.5. The summed E-state index contributed by atoms with van der Waals surface area (Å²) in [5.41, 5.74) is 0.136. The van der Waals surface area contributed by atoms with Gasteiger partial charge in [-0.2, -0.15) is 0 Å². The number of carboxylic acid groups (broad SMARTS) is 1. The molecule has 0 aliphatic heterocycles. The highest BCUT2D eigenvalue weighted by Gasteiger charge is 2.66. The van der Waals surface area contributed by atoms with Gasteiger partial charge in [-0.15, -0.1) is 0 Å². The van der Waals surface area contributed by atoms with Gasteiger partial charge in [-0.3, -0.25) is 19.2 Å². The molecule has 4 rings (SSSR count). The molecule has 0 spiro atoms. The van der Waals surface area contributed by atoms with E-state index in [1.807, 2.05) is 27.7 Å². The average molecular weight is 497 g/mol. The largest absolute Gasteiger partial charge is 0.481 e. The molecule has 4 aliphatic carbocycles. The number of carbonyl (C=O) groups excluding carboxylic acids is 3. The molecule has 7 atom stereocenters. The van der Waals surface area contributed by atoms with E-state index in [-0.39, 0.29) is 41.0 Å². The van der Waals surface area contributed by atoms with Gasteiger partial charge in [0.25, 0.3) is 0 Å². The molecule has 0 amide bonds. The second kappa shape index (κ2) is 8.34. The number of carboxylic acids is 1. The summed E-state index contributed by atoms with van der Waals surface area (Å²) in [7, 11) is 0. The normalized spacial score (nSPS) is 40.4. The van der Waals surface area contributed by atoms with E-state index in [2.05, 4.69) is 26.0 Å². The van der Waals surface area contributed by atoms with Crippen LogP contribution in [0, 0.1) is 39.4 Å². The van der Waals surface area contributed by atoms with Gasteiger partial charge in [0.05, 0.1) is 12.0 Å². The number of allylic oxidation sites excluding steroid dienone is 5. The molecule has 6 heteroatoms. The Labute approximate surface area is 213 Å². The van der Waals surface area contributed by atoms with Crippen molar-refractivity contribution in [1.82, 2.24) is 0 Å². The second-order valence-corrected chi connectivity index (χ2v) is 13.0.